The Kier molecular flexibility index (Phi) is 6.05. The predicted molar refractivity (Wildman–Crippen MR) is 111 cm³/mol. The molecule has 2 aromatic rings. The van der Waals surface area contributed by atoms with Crippen LogP contribution in [0.3, 0.4) is 0 Å². The summed E-state index contributed by atoms with van der Waals surface area (Å²) in [7, 11) is 0. The topological polar surface area (TPSA) is 27.3 Å². The fourth-order valence-electron chi connectivity index (χ4n) is 3.18. The third-order valence-corrected chi connectivity index (χ3v) is 5.04. The van der Waals surface area contributed by atoms with Gasteiger partial charge in [-0.25, -0.2) is 0 Å². The number of anilines is 2. The third kappa shape index (κ3) is 5.28. The van der Waals surface area contributed by atoms with Gasteiger partial charge in [0.15, 0.2) is 5.11 Å². The highest BCUT2D eigenvalue weighted by Crippen LogP contribution is 2.17. The molecule has 1 saturated heterocycles. The molecule has 0 aliphatic carbocycles. The van der Waals surface area contributed by atoms with Gasteiger partial charge in [-0.1, -0.05) is 24.6 Å². The van der Waals surface area contributed by atoms with Crippen LogP contribution in [0.4, 0.5) is 11.4 Å². The molecule has 25 heavy (non-hydrogen) atoms. The van der Waals surface area contributed by atoms with Crippen LogP contribution in [0.25, 0.3) is 0 Å². The maximum Gasteiger partial charge on any atom is 0.175 e. The van der Waals surface area contributed by atoms with Gasteiger partial charge in [0.1, 0.15) is 0 Å². The van der Waals surface area contributed by atoms with Crippen LogP contribution >= 0.6 is 12.2 Å². The lowest BCUT2D eigenvalue weighted by molar-refractivity contribution is 0.221. The van der Waals surface area contributed by atoms with Crippen LogP contribution in [-0.2, 0) is 6.54 Å². The quantitative estimate of drug-likeness (QED) is 0.748. The second-order valence-corrected chi connectivity index (χ2v) is 7.32. The van der Waals surface area contributed by atoms with Gasteiger partial charge < -0.3 is 10.6 Å². The summed E-state index contributed by atoms with van der Waals surface area (Å²) in [6.45, 7) is 7.72. The van der Waals surface area contributed by atoms with E-state index in [-0.39, 0.29) is 0 Å². The number of nitrogens with zero attached hydrogens (tertiary/aromatic N) is 1. The van der Waals surface area contributed by atoms with Gasteiger partial charge in [-0.15, -0.1) is 0 Å². The van der Waals surface area contributed by atoms with Crippen molar-refractivity contribution in [2.45, 2.75) is 39.7 Å². The average molecular weight is 354 g/mol. The third-order valence-electron chi connectivity index (χ3n) is 4.83. The molecule has 0 radical (unpaired) electrons. The first-order valence-electron chi connectivity index (χ1n) is 9.07. The molecule has 1 aliphatic heterocycles. The van der Waals surface area contributed by atoms with E-state index in [4.69, 9.17) is 12.2 Å². The maximum atomic E-state index is 5.43. The molecule has 2 aromatic carbocycles. The zero-order valence-corrected chi connectivity index (χ0v) is 16.0. The maximum absolute atomic E-state index is 5.43. The summed E-state index contributed by atoms with van der Waals surface area (Å²) in [4.78, 5) is 2.54. The molecule has 132 valence electrons. The Morgan fingerprint density at radius 2 is 1.52 bits per heavy atom. The second kappa shape index (κ2) is 8.45. The lowest BCUT2D eigenvalue weighted by Crippen LogP contribution is -2.29. The van der Waals surface area contributed by atoms with Crippen molar-refractivity contribution in [3.05, 3.63) is 59.2 Å². The summed E-state index contributed by atoms with van der Waals surface area (Å²) in [5.74, 6) is 0. The number of piperidine rings is 1. The van der Waals surface area contributed by atoms with Crippen molar-refractivity contribution < 1.29 is 0 Å². The Labute approximate surface area is 156 Å². The first kappa shape index (κ1) is 17.9. The molecule has 0 unspecified atom stereocenters. The minimum atomic E-state index is 0.618. The average Bonchev–Trinajstić information content (AvgIpc) is 2.61. The van der Waals surface area contributed by atoms with Crippen LogP contribution < -0.4 is 10.6 Å². The number of benzene rings is 2. The standard InChI is InChI=1S/C21H27N3S/c1-16-6-9-20(14-17(16)2)23-21(25)22-19-10-7-18(8-11-19)15-24-12-4-3-5-13-24/h6-11,14H,3-5,12-13,15H2,1-2H3,(H2,22,23,25). The SMILES string of the molecule is Cc1ccc(NC(=S)Nc2ccc(CN3CCCCC3)cc2)cc1C. The van der Waals surface area contributed by atoms with Gasteiger partial charge >= 0.3 is 0 Å². The Morgan fingerprint density at radius 1 is 0.880 bits per heavy atom. The van der Waals surface area contributed by atoms with Crippen LogP contribution in [0.15, 0.2) is 42.5 Å². The van der Waals surface area contributed by atoms with Crippen molar-refractivity contribution in [1.29, 1.82) is 0 Å². The molecule has 1 heterocycles. The van der Waals surface area contributed by atoms with Crippen LogP contribution in [0.2, 0.25) is 0 Å². The fraction of sp³-hybridized carbons (Fsp3) is 0.381. The lowest BCUT2D eigenvalue weighted by Gasteiger charge is -2.26. The van der Waals surface area contributed by atoms with E-state index in [1.807, 2.05) is 0 Å². The van der Waals surface area contributed by atoms with Gasteiger partial charge in [0, 0.05) is 17.9 Å². The van der Waals surface area contributed by atoms with Crippen molar-refractivity contribution in [1.82, 2.24) is 4.90 Å². The van der Waals surface area contributed by atoms with Crippen molar-refractivity contribution in [3.63, 3.8) is 0 Å². The Balaban J connectivity index is 1.53. The van der Waals surface area contributed by atoms with E-state index in [2.05, 4.69) is 71.8 Å². The molecule has 0 atom stereocenters. The monoisotopic (exact) mass is 353 g/mol. The smallest absolute Gasteiger partial charge is 0.175 e. The Bertz CT molecular complexity index is 718. The van der Waals surface area contributed by atoms with E-state index < -0.39 is 0 Å². The molecule has 0 saturated carbocycles. The lowest BCUT2D eigenvalue weighted by atomic mass is 10.1. The van der Waals surface area contributed by atoms with Gasteiger partial charge in [-0.05, 0) is 93.0 Å². The zero-order chi connectivity index (χ0) is 17.6. The normalized spacial score (nSPS) is 15.0. The fourth-order valence-corrected chi connectivity index (χ4v) is 3.42. The minimum Gasteiger partial charge on any atom is -0.332 e. The van der Waals surface area contributed by atoms with E-state index >= 15 is 0 Å². The van der Waals surface area contributed by atoms with Gasteiger partial charge in [0.05, 0.1) is 0 Å². The van der Waals surface area contributed by atoms with Crippen LogP contribution in [0.1, 0.15) is 36.0 Å². The Hall–Kier alpha value is -1.91. The number of aryl methyl sites for hydroxylation is 2. The van der Waals surface area contributed by atoms with Crippen LogP contribution in [0, 0.1) is 13.8 Å². The number of likely N-dealkylation sites (tertiary alicyclic amines) is 1. The summed E-state index contributed by atoms with van der Waals surface area (Å²) in [6, 6.07) is 14.9. The largest absolute Gasteiger partial charge is 0.332 e. The highest BCUT2D eigenvalue weighted by molar-refractivity contribution is 7.80. The molecule has 0 spiro atoms. The van der Waals surface area contributed by atoms with Gasteiger partial charge in [0.2, 0.25) is 0 Å². The molecule has 4 heteroatoms. The molecule has 3 nitrogen and oxygen atoms in total. The first-order chi connectivity index (χ1) is 12.1. The number of hydrogen-bond donors (Lipinski definition) is 2. The summed E-state index contributed by atoms with van der Waals surface area (Å²) >= 11 is 5.43. The minimum absolute atomic E-state index is 0.618. The highest BCUT2D eigenvalue weighted by Gasteiger charge is 2.10. The molecule has 1 fully saturated rings. The summed E-state index contributed by atoms with van der Waals surface area (Å²) < 4.78 is 0. The Morgan fingerprint density at radius 3 is 2.20 bits per heavy atom. The van der Waals surface area contributed by atoms with E-state index in [1.165, 1.54) is 49.0 Å². The van der Waals surface area contributed by atoms with Crippen molar-refractivity contribution >= 4 is 28.7 Å². The van der Waals surface area contributed by atoms with Gasteiger partial charge in [0.25, 0.3) is 0 Å². The number of rotatable bonds is 4. The molecule has 0 bridgehead atoms. The van der Waals surface area contributed by atoms with E-state index in [9.17, 15) is 0 Å². The summed E-state index contributed by atoms with van der Waals surface area (Å²) in [6.07, 6.45) is 4.04. The second-order valence-electron chi connectivity index (χ2n) is 6.91. The zero-order valence-electron chi connectivity index (χ0n) is 15.1. The van der Waals surface area contributed by atoms with Crippen molar-refractivity contribution in [3.8, 4) is 0 Å². The predicted octanol–water partition coefficient (Wildman–Crippen LogP) is 5.10. The van der Waals surface area contributed by atoms with Crippen LogP contribution in [-0.4, -0.2) is 23.1 Å². The van der Waals surface area contributed by atoms with Crippen molar-refractivity contribution in [2.24, 2.45) is 0 Å². The molecule has 0 amide bonds. The molecule has 1 aliphatic rings. The summed E-state index contributed by atoms with van der Waals surface area (Å²) in [5.41, 5.74) is 5.94. The van der Waals surface area contributed by atoms with Gasteiger partial charge in [-0.3, -0.25) is 4.90 Å². The van der Waals surface area contributed by atoms with Gasteiger partial charge in [-0.2, -0.15) is 0 Å². The van der Waals surface area contributed by atoms with E-state index in [0.717, 1.165) is 17.9 Å². The molecule has 3 rings (SSSR count). The van der Waals surface area contributed by atoms with Crippen molar-refractivity contribution in [2.75, 3.05) is 23.7 Å². The number of nitrogens with one attached hydrogen (secondary N) is 2. The number of thiocarbonyl (C=S) groups is 1. The van der Waals surface area contributed by atoms with Crippen LogP contribution in [0.5, 0.6) is 0 Å². The summed E-state index contributed by atoms with van der Waals surface area (Å²) in [5, 5.41) is 7.13. The molecule has 0 aromatic heterocycles. The molecule has 2 N–H and O–H groups in total. The number of hydrogen-bond acceptors (Lipinski definition) is 2. The first-order valence-corrected chi connectivity index (χ1v) is 9.47. The van der Waals surface area contributed by atoms with E-state index in [0.29, 0.717) is 5.11 Å². The molecular formula is C21H27N3S. The van der Waals surface area contributed by atoms with E-state index in [1.54, 1.807) is 0 Å². The highest BCUT2D eigenvalue weighted by atomic mass is 32.1. The molecular weight excluding hydrogens is 326 g/mol.